The number of rotatable bonds is 8. The number of H-pyrrole nitrogens is 1. The molecule has 4 heteroatoms. The highest BCUT2D eigenvalue weighted by atomic mass is 16.1. The van der Waals surface area contributed by atoms with Crippen LogP contribution in [0.3, 0.4) is 0 Å². The van der Waals surface area contributed by atoms with Crippen LogP contribution in [0.4, 0.5) is 5.82 Å². The molecule has 1 aromatic rings. The number of ketones is 1. The Morgan fingerprint density at radius 2 is 2.00 bits per heavy atom. The number of aromatic nitrogens is 2. The second-order valence-corrected chi connectivity index (χ2v) is 4.14. The van der Waals surface area contributed by atoms with Gasteiger partial charge in [-0.05, 0) is 6.42 Å². The maximum Gasteiger partial charge on any atom is 0.168 e. The van der Waals surface area contributed by atoms with Gasteiger partial charge in [0, 0.05) is 6.42 Å². The highest BCUT2D eigenvalue weighted by Crippen LogP contribution is 2.13. The molecule has 0 unspecified atom stereocenters. The minimum absolute atomic E-state index is 0.0988. The van der Waals surface area contributed by atoms with E-state index >= 15 is 0 Å². The number of hydrogen-bond donors (Lipinski definition) is 2. The highest BCUT2D eigenvalue weighted by Gasteiger charge is 2.10. The van der Waals surface area contributed by atoms with Gasteiger partial charge in [0.05, 0.1) is 11.8 Å². The zero-order valence-electron chi connectivity index (χ0n) is 9.96. The summed E-state index contributed by atoms with van der Waals surface area (Å²) in [4.78, 5) is 11.7. The molecular formula is C12H21N3O. The summed E-state index contributed by atoms with van der Waals surface area (Å²) in [6, 6.07) is 0. The van der Waals surface area contributed by atoms with E-state index in [1.54, 1.807) is 0 Å². The Hall–Kier alpha value is -1.32. The molecule has 0 spiro atoms. The monoisotopic (exact) mass is 223 g/mol. The van der Waals surface area contributed by atoms with Crippen molar-refractivity contribution in [1.82, 2.24) is 10.2 Å². The van der Waals surface area contributed by atoms with Crippen LogP contribution >= 0.6 is 0 Å². The zero-order valence-corrected chi connectivity index (χ0v) is 9.96. The van der Waals surface area contributed by atoms with Crippen LogP contribution in [-0.4, -0.2) is 16.0 Å². The number of unbranched alkanes of at least 4 members (excludes halogenated alkanes) is 5. The second kappa shape index (κ2) is 7.04. The number of hydrogen-bond acceptors (Lipinski definition) is 3. The molecule has 1 heterocycles. The fourth-order valence-corrected chi connectivity index (χ4v) is 1.72. The molecule has 4 nitrogen and oxygen atoms in total. The lowest BCUT2D eigenvalue weighted by molar-refractivity contribution is 0.0980. The Balaban J connectivity index is 2.14. The van der Waals surface area contributed by atoms with Crippen LogP contribution in [0.15, 0.2) is 6.20 Å². The lowest BCUT2D eigenvalue weighted by Crippen LogP contribution is -2.01. The quantitative estimate of drug-likeness (QED) is 0.525. The minimum Gasteiger partial charge on any atom is -0.383 e. The molecule has 0 aliphatic carbocycles. The molecule has 0 saturated heterocycles. The summed E-state index contributed by atoms with van der Waals surface area (Å²) in [5, 5.41) is 6.32. The van der Waals surface area contributed by atoms with Crippen LogP contribution in [-0.2, 0) is 0 Å². The van der Waals surface area contributed by atoms with Gasteiger partial charge in [-0.1, -0.05) is 39.0 Å². The minimum atomic E-state index is 0.0988. The highest BCUT2D eigenvalue weighted by molar-refractivity contribution is 5.99. The smallest absolute Gasteiger partial charge is 0.168 e. The van der Waals surface area contributed by atoms with Crippen molar-refractivity contribution in [2.45, 2.75) is 51.9 Å². The molecule has 0 atom stereocenters. The van der Waals surface area contributed by atoms with E-state index in [-0.39, 0.29) is 5.78 Å². The van der Waals surface area contributed by atoms with Crippen molar-refractivity contribution in [2.24, 2.45) is 0 Å². The van der Waals surface area contributed by atoms with E-state index in [0.29, 0.717) is 17.8 Å². The molecule has 0 amide bonds. The maximum atomic E-state index is 11.7. The average molecular weight is 223 g/mol. The van der Waals surface area contributed by atoms with Gasteiger partial charge in [-0.25, -0.2) is 0 Å². The van der Waals surface area contributed by atoms with Gasteiger partial charge in [0.1, 0.15) is 5.82 Å². The Labute approximate surface area is 96.6 Å². The molecule has 0 radical (unpaired) electrons. The van der Waals surface area contributed by atoms with E-state index in [9.17, 15) is 4.79 Å². The fraction of sp³-hybridized carbons (Fsp3) is 0.667. The maximum absolute atomic E-state index is 11.7. The van der Waals surface area contributed by atoms with Crippen LogP contribution in [0.25, 0.3) is 0 Å². The summed E-state index contributed by atoms with van der Waals surface area (Å²) >= 11 is 0. The van der Waals surface area contributed by atoms with E-state index in [4.69, 9.17) is 5.73 Å². The summed E-state index contributed by atoms with van der Waals surface area (Å²) in [7, 11) is 0. The average Bonchev–Trinajstić information content (AvgIpc) is 2.69. The van der Waals surface area contributed by atoms with Gasteiger partial charge in [0.15, 0.2) is 5.78 Å². The van der Waals surface area contributed by atoms with Gasteiger partial charge >= 0.3 is 0 Å². The molecule has 0 bridgehead atoms. The first-order valence-corrected chi connectivity index (χ1v) is 6.07. The number of nitrogen functional groups attached to an aromatic ring is 1. The van der Waals surface area contributed by atoms with Crippen LogP contribution in [0.1, 0.15) is 62.2 Å². The topological polar surface area (TPSA) is 71.8 Å². The van der Waals surface area contributed by atoms with Crippen molar-refractivity contribution in [3.05, 3.63) is 11.8 Å². The largest absolute Gasteiger partial charge is 0.383 e. The number of nitrogens with zero attached hydrogens (tertiary/aromatic N) is 1. The van der Waals surface area contributed by atoms with Crippen LogP contribution < -0.4 is 5.73 Å². The van der Waals surface area contributed by atoms with Gasteiger partial charge in [-0.3, -0.25) is 9.89 Å². The predicted molar refractivity (Wildman–Crippen MR) is 65.3 cm³/mol. The van der Waals surface area contributed by atoms with E-state index in [1.165, 1.54) is 31.9 Å². The van der Waals surface area contributed by atoms with Gasteiger partial charge in [-0.15, -0.1) is 0 Å². The van der Waals surface area contributed by atoms with Crippen molar-refractivity contribution in [1.29, 1.82) is 0 Å². The van der Waals surface area contributed by atoms with Crippen molar-refractivity contribution in [3.8, 4) is 0 Å². The van der Waals surface area contributed by atoms with Gasteiger partial charge < -0.3 is 5.73 Å². The summed E-state index contributed by atoms with van der Waals surface area (Å²) < 4.78 is 0. The summed E-state index contributed by atoms with van der Waals surface area (Å²) in [5.74, 6) is 0.484. The van der Waals surface area contributed by atoms with Crippen molar-refractivity contribution in [3.63, 3.8) is 0 Å². The molecule has 0 aliphatic heterocycles. The van der Waals surface area contributed by atoms with Crippen molar-refractivity contribution in [2.75, 3.05) is 5.73 Å². The van der Waals surface area contributed by atoms with Crippen molar-refractivity contribution < 1.29 is 4.79 Å². The van der Waals surface area contributed by atoms with E-state index < -0.39 is 0 Å². The molecule has 0 fully saturated rings. The van der Waals surface area contributed by atoms with Crippen LogP contribution in [0.5, 0.6) is 0 Å². The number of anilines is 1. The predicted octanol–water partition coefficient (Wildman–Crippen LogP) is 2.93. The number of nitrogens with two attached hydrogens (primary N) is 1. The van der Waals surface area contributed by atoms with E-state index in [0.717, 1.165) is 12.8 Å². The molecule has 3 N–H and O–H groups in total. The standard InChI is InChI=1S/C12H21N3O/c1-2-3-4-5-6-7-8-11(16)10-9-14-15-12(10)13/h9H,2-8H2,1H3,(H3,13,14,15). The zero-order chi connectivity index (χ0) is 11.8. The Morgan fingerprint density at radius 3 is 2.62 bits per heavy atom. The third-order valence-electron chi connectivity index (χ3n) is 2.73. The molecule has 1 rings (SSSR count). The molecule has 1 aromatic heterocycles. The normalized spacial score (nSPS) is 10.6. The van der Waals surface area contributed by atoms with E-state index in [1.807, 2.05) is 0 Å². The van der Waals surface area contributed by atoms with E-state index in [2.05, 4.69) is 17.1 Å². The third-order valence-corrected chi connectivity index (χ3v) is 2.73. The van der Waals surface area contributed by atoms with Crippen molar-refractivity contribution >= 4 is 11.6 Å². The Morgan fingerprint density at radius 1 is 1.31 bits per heavy atom. The number of aromatic amines is 1. The number of nitrogens with one attached hydrogen (secondary N) is 1. The van der Waals surface area contributed by atoms with Gasteiger partial charge in [-0.2, -0.15) is 5.10 Å². The molecule has 16 heavy (non-hydrogen) atoms. The first kappa shape index (κ1) is 12.7. The Bertz CT molecular complexity index is 320. The number of carbonyl (C=O) groups excluding carboxylic acids is 1. The molecule has 90 valence electrons. The molecule has 0 aromatic carbocycles. The number of carbonyl (C=O) groups is 1. The van der Waals surface area contributed by atoms with Gasteiger partial charge in [0.2, 0.25) is 0 Å². The van der Waals surface area contributed by atoms with Gasteiger partial charge in [0.25, 0.3) is 0 Å². The molecular weight excluding hydrogens is 202 g/mol. The Kier molecular flexibility index (Phi) is 5.61. The fourth-order valence-electron chi connectivity index (χ4n) is 1.72. The first-order valence-electron chi connectivity index (χ1n) is 6.07. The number of Topliss-reactive ketones (excluding diaryl/α,β-unsaturated/α-hetero) is 1. The SMILES string of the molecule is CCCCCCCCC(=O)c1cn[nH]c1N. The van der Waals surface area contributed by atoms with Crippen LogP contribution in [0.2, 0.25) is 0 Å². The molecule has 0 saturated carbocycles. The van der Waals surface area contributed by atoms with Crippen LogP contribution in [0, 0.1) is 0 Å². The third kappa shape index (κ3) is 4.04. The second-order valence-electron chi connectivity index (χ2n) is 4.14. The lowest BCUT2D eigenvalue weighted by atomic mass is 10.1. The molecule has 0 aliphatic rings. The summed E-state index contributed by atoms with van der Waals surface area (Å²) in [6.45, 7) is 2.20. The lowest BCUT2D eigenvalue weighted by Gasteiger charge is -2.00. The first-order chi connectivity index (χ1) is 7.75. The summed E-state index contributed by atoms with van der Waals surface area (Å²) in [5.41, 5.74) is 6.11. The summed E-state index contributed by atoms with van der Waals surface area (Å²) in [6.07, 6.45) is 9.22.